The Morgan fingerprint density at radius 3 is 2.70 bits per heavy atom. The normalized spacial score (nSPS) is 18.4. The largest absolute Gasteiger partial charge is 0.497 e. The third kappa shape index (κ3) is 3.22. The number of benzene rings is 1. The standard InChI is InChI=1S/C13H17NO5S/c1-19-10-3-4-11(13(15)16)12(9-10)14-5-2-7-20(17,18)8-6-14/h3-4,9H,2,5-8H2,1H3,(H,15,16). The molecule has 0 bridgehead atoms. The van der Waals surface area contributed by atoms with Crippen molar-refractivity contribution in [2.75, 3.05) is 36.6 Å². The third-order valence-electron chi connectivity index (χ3n) is 3.33. The molecule has 1 aromatic rings. The number of carbonyl (C=O) groups is 1. The molecule has 1 aliphatic rings. The number of aromatic carboxylic acids is 1. The van der Waals surface area contributed by atoms with Gasteiger partial charge in [-0.25, -0.2) is 13.2 Å². The van der Waals surface area contributed by atoms with Crippen LogP contribution in [0.3, 0.4) is 0 Å². The number of hydrogen-bond donors (Lipinski definition) is 1. The fourth-order valence-electron chi connectivity index (χ4n) is 2.26. The van der Waals surface area contributed by atoms with E-state index in [0.29, 0.717) is 30.9 Å². The minimum atomic E-state index is -3.03. The van der Waals surface area contributed by atoms with Gasteiger partial charge in [-0.3, -0.25) is 0 Å². The second kappa shape index (κ2) is 5.70. The average Bonchev–Trinajstić information content (AvgIpc) is 2.58. The number of nitrogens with zero attached hydrogens (tertiary/aromatic N) is 1. The molecule has 20 heavy (non-hydrogen) atoms. The Morgan fingerprint density at radius 2 is 2.05 bits per heavy atom. The second-order valence-electron chi connectivity index (χ2n) is 4.68. The minimum absolute atomic E-state index is 0.0449. The maximum atomic E-state index is 11.6. The maximum Gasteiger partial charge on any atom is 0.337 e. The Balaban J connectivity index is 2.37. The van der Waals surface area contributed by atoms with E-state index < -0.39 is 15.8 Å². The van der Waals surface area contributed by atoms with Gasteiger partial charge in [-0.1, -0.05) is 0 Å². The molecule has 1 fully saturated rings. The van der Waals surface area contributed by atoms with Gasteiger partial charge in [0.1, 0.15) is 5.75 Å². The van der Waals surface area contributed by atoms with Gasteiger partial charge in [0.2, 0.25) is 0 Å². The van der Waals surface area contributed by atoms with E-state index in [4.69, 9.17) is 4.74 Å². The zero-order chi connectivity index (χ0) is 14.8. The van der Waals surface area contributed by atoms with Crippen LogP contribution in [0.15, 0.2) is 18.2 Å². The lowest BCUT2D eigenvalue weighted by atomic mass is 10.1. The second-order valence-corrected chi connectivity index (χ2v) is 6.98. The van der Waals surface area contributed by atoms with Gasteiger partial charge in [0, 0.05) is 19.2 Å². The van der Waals surface area contributed by atoms with Crippen molar-refractivity contribution in [3.05, 3.63) is 23.8 Å². The van der Waals surface area contributed by atoms with Crippen LogP contribution in [0.25, 0.3) is 0 Å². The summed E-state index contributed by atoms with van der Waals surface area (Å²) >= 11 is 0. The van der Waals surface area contributed by atoms with Crippen LogP contribution in [-0.4, -0.2) is 51.2 Å². The van der Waals surface area contributed by atoms with E-state index in [2.05, 4.69) is 0 Å². The first-order valence-corrected chi connectivity index (χ1v) is 8.12. The molecule has 1 heterocycles. The Labute approximate surface area is 117 Å². The number of hydrogen-bond acceptors (Lipinski definition) is 5. The van der Waals surface area contributed by atoms with Crippen molar-refractivity contribution >= 4 is 21.5 Å². The third-order valence-corrected chi connectivity index (χ3v) is 5.05. The van der Waals surface area contributed by atoms with E-state index in [-0.39, 0.29) is 17.1 Å². The molecule has 0 aliphatic carbocycles. The van der Waals surface area contributed by atoms with E-state index >= 15 is 0 Å². The van der Waals surface area contributed by atoms with E-state index in [1.807, 2.05) is 0 Å². The molecule has 6 nitrogen and oxygen atoms in total. The van der Waals surface area contributed by atoms with Gasteiger partial charge in [0.25, 0.3) is 0 Å². The molecule has 0 unspecified atom stereocenters. The van der Waals surface area contributed by atoms with E-state index in [1.54, 1.807) is 17.0 Å². The summed E-state index contributed by atoms with van der Waals surface area (Å²) in [5.74, 6) is -0.286. The minimum Gasteiger partial charge on any atom is -0.497 e. The Kier molecular flexibility index (Phi) is 4.17. The van der Waals surface area contributed by atoms with Gasteiger partial charge in [-0.05, 0) is 18.6 Å². The van der Waals surface area contributed by atoms with Crippen molar-refractivity contribution in [2.24, 2.45) is 0 Å². The molecule has 0 radical (unpaired) electrons. The van der Waals surface area contributed by atoms with Crippen LogP contribution in [0.4, 0.5) is 5.69 Å². The highest BCUT2D eigenvalue weighted by Gasteiger charge is 2.23. The molecule has 0 amide bonds. The molecule has 0 spiro atoms. The lowest BCUT2D eigenvalue weighted by molar-refractivity contribution is 0.0697. The molecule has 0 aromatic heterocycles. The lowest BCUT2D eigenvalue weighted by Gasteiger charge is -2.24. The Bertz CT molecular complexity index is 611. The smallest absolute Gasteiger partial charge is 0.337 e. The first-order valence-electron chi connectivity index (χ1n) is 6.29. The fourth-order valence-corrected chi connectivity index (χ4v) is 3.53. The Hall–Kier alpha value is -1.76. The number of anilines is 1. The summed E-state index contributed by atoms with van der Waals surface area (Å²) in [6.07, 6.45) is 0.499. The predicted molar refractivity (Wildman–Crippen MR) is 75.4 cm³/mol. The fraction of sp³-hybridized carbons (Fsp3) is 0.462. The van der Waals surface area contributed by atoms with Crippen LogP contribution in [0.5, 0.6) is 5.75 Å². The summed E-state index contributed by atoms with van der Waals surface area (Å²) in [6, 6.07) is 4.71. The topological polar surface area (TPSA) is 83.9 Å². The lowest BCUT2D eigenvalue weighted by Crippen LogP contribution is -2.28. The number of carboxylic acid groups (broad SMARTS) is 1. The number of ether oxygens (including phenoxy) is 1. The molecule has 1 aromatic carbocycles. The maximum absolute atomic E-state index is 11.6. The summed E-state index contributed by atoms with van der Waals surface area (Å²) < 4.78 is 28.4. The van der Waals surface area contributed by atoms with Gasteiger partial charge in [-0.15, -0.1) is 0 Å². The highest BCUT2D eigenvalue weighted by atomic mass is 32.2. The highest BCUT2D eigenvalue weighted by molar-refractivity contribution is 7.91. The highest BCUT2D eigenvalue weighted by Crippen LogP contribution is 2.27. The van der Waals surface area contributed by atoms with Crippen LogP contribution < -0.4 is 9.64 Å². The average molecular weight is 299 g/mol. The van der Waals surface area contributed by atoms with Gasteiger partial charge in [-0.2, -0.15) is 0 Å². The van der Waals surface area contributed by atoms with Crippen molar-refractivity contribution in [3.8, 4) is 5.75 Å². The molecule has 1 N–H and O–H groups in total. The van der Waals surface area contributed by atoms with Gasteiger partial charge >= 0.3 is 5.97 Å². The SMILES string of the molecule is COc1ccc(C(=O)O)c(N2CCCS(=O)(=O)CC2)c1. The van der Waals surface area contributed by atoms with Crippen molar-refractivity contribution in [1.29, 1.82) is 0 Å². The molecule has 0 atom stereocenters. The monoisotopic (exact) mass is 299 g/mol. The molecule has 1 saturated heterocycles. The number of rotatable bonds is 3. The number of sulfone groups is 1. The van der Waals surface area contributed by atoms with Crippen LogP contribution in [0, 0.1) is 0 Å². The predicted octanol–water partition coefficient (Wildman–Crippen LogP) is 1.02. The summed E-state index contributed by atoms with van der Waals surface area (Å²) in [5.41, 5.74) is 0.666. The van der Waals surface area contributed by atoms with E-state index in [1.165, 1.54) is 13.2 Å². The zero-order valence-corrected chi connectivity index (χ0v) is 12.0. The first kappa shape index (κ1) is 14.6. The van der Waals surface area contributed by atoms with E-state index in [9.17, 15) is 18.3 Å². The van der Waals surface area contributed by atoms with Gasteiger partial charge in [0.15, 0.2) is 9.84 Å². The molecule has 2 rings (SSSR count). The summed E-state index contributed by atoms with van der Waals surface area (Å²) in [6.45, 7) is 0.822. The van der Waals surface area contributed by atoms with Crippen LogP contribution in [0.1, 0.15) is 16.8 Å². The molecule has 0 saturated carbocycles. The summed E-state index contributed by atoms with van der Waals surface area (Å²) in [4.78, 5) is 13.1. The van der Waals surface area contributed by atoms with Gasteiger partial charge in [0.05, 0.1) is 29.9 Å². The van der Waals surface area contributed by atoms with Crippen molar-refractivity contribution < 1.29 is 23.1 Å². The van der Waals surface area contributed by atoms with Gasteiger partial charge < -0.3 is 14.7 Å². The van der Waals surface area contributed by atoms with Crippen LogP contribution in [-0.2, 0) is 9.84 Å². The molecule has 110 valence electrons. The van der Waals surface area contributed by atoms with Crippen LogP contribution in [0.2, 0.25) is 0 Å². The molecule has 7 heteroatoms. The van der Waals surface area contributed by atoms with E-state index in [0.717, 1.165) is 0 Å². The first-order chi connectivity index (χ1) is 9.43. The Morgan fingerprint density at radius 1 is 1.30 bits per heavy atom. The molecular formula is C13H17NO5S. The quantitative estimate of drug-likeness (QED) is 0.897. The number of methoxy groups -OCH3 is 1. The molecule has 1 aliphatic heterocycles. The van der Waals surface area contributed by atoms with Crippen LogP contribution >= 0.6 is 0 Å². The van der Waals surface area contributed by atoms with Crippen molar-refractivity contribution in [1.82, 2.24) is 0 Å². The summed E-state index contributed by atoms with van der Waals surface area (Å²) in [5, 5.41) is 9.25. The zero-order valence-electron chi connectivity index (χ0n) is 11.2. The summed E-state index contributed by atoms with van der Waals surface area (Å²) in [7, 11) is -1.52. The van der Waals surface area contributed by atoms with Crippen molar-refractivity contribution in [2.45, 2.75) is 6.42 Å². The van der Waals surface area contributed by atoms with Crippen molar-refractivity contribution in [3.63, 3.8) is 0 Å². The molecular weight excluding hydrogens is 282 g/mol. The number of carboxylic acids is 1.